The standard InChI is InChI=1S/C23H32N4O2/c1-16-5-4-6-21(18(16)3)27-11-9-26(10-12-27)8-7-19-14-20(15-19)24-23(28)22-13-17(2)25-29-22/h4-6,13,19-20H,7-12,14-15H2,1-3H3,(H,24,28)/t19-,20+. The van der Waals surface area contributed by atoms with Crippen LogP contribution in [0.15, 0.2) is 28.8 Å². The molecule has 1 aromatic heterocycles. The van der Waals surface area contributed by atoms with Crippen molar-refractivity contribution >= 4 is 11.6 Å². The molecule has 2 heterocycles. The fourth-order valence-electron chi connectivity index (χ4n) is 4.47. The zero-order chi connectivity index (χ0) is 20.4. The van der Waals surface area contributed by atoms with Crippen molar-refractivity contribution in [2.45, 2.75) is 46.1 Å². The van der Waals surface area contributed by atoms with Gasteiger partial charge in [0.25, 0.3) is 5.91 Å². The van der Waals surface area contributed by atoms with Gasteiger partial charge in [0, 0.05) is 44.0 Å². The minimum absolute atomic E-state index is 0.142. The Hall–Kier alpha value is -2.34. The van der Waals surface area contributed by atoms with Gasteiger partial charge in [-0.15, -0.1) is 0 Å². The number of hydrogen-bond donors (Lipinski definition) is 1. The lowest BCUT2D eigenvalue weighted by molar-refractivity contribution is 0.0840. The van der Waals surface area contributed by atoms with Crippen molar-refractivity contribution in [1.82, 2.24) is 15.4 Å². The van der Waals surface area contributed by atoms with E-state index in [1.165, 1.54) is 23.2 Å². The number of aromatic nitrogens is 1. The van der Waals surface area contributed by atoms with E-state index in [1.54, 1.807) is 6.07 Å². The molecule has 29 heavy (non-hydrogen) atoms. The molecule has 1 aliphatic carbocycles. The molecule has 2 fully saturated rings. The van der Waals surface area contributed by atoms with Gasteiger partial charge in [-0.05, 0) is 69.7 Å². The Morgan fingerprint density at radius 1 is 1.17 bits per heavy atom. The number of rotatable bonds is 6. The Morgan fingerprint density at radius 2 is 1.93 bits per heavy atom. The van der Waals surface area contributed by atoms with E-state index in [-0.39, 0.29) is 11.9 Å². The molecule has 0 spiro atoms. The molecule has 1 N–H and O–H groups in total. The van der Waals surface area contributed by atoms with Crippen LogP contribution in [0.3, 0.4) is 0 Å². The van der Waals surface area contributed by atoms with Gasteiger partial charge in [-0.2, -0.15) is 0 Å². The maximum absolute atomic E-state index is 12.1. The second-order valence-corrected chi connectivity index (χ2v) is 8.68. The Bertz CT molecular complexity index is 848. The third-order valence-corrected chi connectivity index (χ3v) is 6.57. The van der Waals surface area contributed by atoms with Gasteiger partial charge < -0.3 is 14.7 Å². The number of aryl methyl sites for hydroxylation is 2. The van der Waals surface area contributed by atoms with Gasteiger partial charge in [0.1, 0.15) is 0 Å². The lowest BCUT2D eigenvalue weighted by Gasteiger charge is -2.40. The van der Waals surface area contributed by atoms with Gasteiger partial charge in [-0.1, -0.05) is 17.3 Å². The Labute approximate surface area is 173 Å². The van der Waals surface area contributed by atoms with Gasteiger partial charge in [-0.25, -0.2) is 0 Å². The van der Waals surface area contributed by atoms with Crippen LogP contribution >= 0.6 is 0 Å². The van der Waals surface area contributed by atoms with Crippen molar-refractivity contribution in [2.75, 3.05) is 37.6 Å². The molecule has 0 atom stereocenters. The Morgan fingerprint density at radius 3 is 2.62 bits per heavy atom. The third kappa shape index (κ3) is 4.64. The molecular formula is C23H32N4O2. The molecule has 156 valence electrons. The number of hydrogen-bond acceptors (Lipinski definition) is 5. The Balaban J connectivity index is 1.15. The second-order valence-electron chi connectivity index (χ2n) is 8.68. The summed E-state index contributed by atoms with van der Waals surface area (Å²) in [5.41, 5.74) is 4.91. The summed E-state index contributed by atoms with van der Waals surface area (Å²) in [6.07, 6.45) is 3.36. The molecule has 0 radical (unpaired) electrons. The van der Waals surface area contributed by atoms with E-state index in [9.17, 15) is 4.79 Å². The summed E-state index contributed by atoms with van der Waals surface area (Å²) in [5, 5.41) is 6.83. The zero-order valence-corrected chi connectivity index (χ0v) is 17.8. The molecule has 0 unspecified atom stereocenters. The SMILES string of the molecule is Cc1cc(C(=O)N[C@H]2C[C@@H](CCN3CCN(c4cccc(C)c4C)CC3)C2)on1. The molecule has 6 nitrogen and oxygen atoms in total. The van der Waals surface area contributed by atoms with Crippen LogP contribution in [0, 0.1) is 26.7 Å². The van der Waals surface area contributed by atoms with Crippen molar-refractivity contribution in [3.63, 3.8) is 0 Å². The van der Waals surface area contributed by atoms with E-state index in [1.807, 2.05) is 6.92 Å². The molecule has 4 rings (SSSR count). The molecule has 2 aliphatic rings. The van der Waals surface area contributed by atoms with E-state index in [0.717, 1.165) is 51.3 Å². The summed E-state index contributed by atoms with van der Waals surface area (Å²) in [6, 6.07) is 8.57. The highest BCUT2D eigenvalue weighted by molar-refractivity contribution is 5.91. The monoisotopic (exact) mass is 396 g/mol. The predicted molar refractivity (Wildman–Crippen MR) is 114 cm³/mol. The molecule has 1 amide bonds. The largest absolute Gasteiger partial charge is 0.369 e. The smallest absolute Gasteiger partial charge is 0.290 e. The van der Waals surface area contributed by atoms with Gasteiger partial charge in [0.15, 0.2) is 0 Å². The quantitative estimate of drug-likeness (QED) is 0.812. The van der Waals surface area contributed by atoms with Crippen LogP contribution in [0.25, 0.3) is 0 Å². The number of nitrogens with zero attached hydrogens (tertiary/aromatic N) is 3. The highest BCUT2D eigenvalue weighted by atomic mass is 16.5. The second kappa shape index (κ2) is 8.57. The van der Waals surface area contributed by atoms with Crippen LogP contribution in [0.1, 0.15) is 46.6 Å². The lowest BCUT2D eigenvalue weighted by atomic mass is 9.78. The van der Waals surface area contributed by atoms with Crippen molar-refractivity contribution in [3.05, 3.63) is 46.8 Å². The summed E-state index contributed by atoms with van der Waals surface area (Å²) >= 11 is 0. The number of carbonyl (C=O) groups is 1. The van der Waals surface area contributed by atoms with Crippen LogP contribution in [0.4, 0.5) is 5.69 Å². The molecule has 6 heteroatoms. The minimum Gasteiger partial charge on any atom is -0.369 e. The minimum atomic E-state index is -0.142. The number of nitrogens with one attached hydrogen (secondary N) is 1. The van der Waals surface area contributed by atoms with E-state index >= 15 is 0 Å². The third-order valence-electron chi connectivity index (χ3n) is 6.57. The number of benzene rings is 1. The first-order chi connectivity index (χ1) is 14.0. The fraction of sp³-hybridized carbons (Fsp3) is 0.565. The number of carbonyl (C=O) groups excluding carboxylic acids is 1. The fourth-order valence-corrected chi connectivity index (χ4v) is 4.47. The van der Waals surface area contributed by atoms with Gasteiger partial charge in [0.05, 0.1) is 5.69 Å². The average molecular weight is 397 g/mol. The van der Waals surface area contributed by atoms with Crippen molar-refractivity contribution in [2.24, 2.45) is 5.92 Å². The number of anilines is 1. The van der Waals surface area contributed by atoms with Crippen molar-refractivity contribution in [1.29, 1.82) is 0 Å². The van der Waals surface area contributed by atoms with Crippen LogP contribution in [0.5, 0.6) is 0 Å². The maximum atomic E-state index is 12.1. The van der Waals surface area contributed by atoms with Crippen LogP contribution in [-0.4, -0.2) is 54.7 Å². The average Bonchev–Trinajstić information content (AvgIpc) is 3.12. The highest BCUT2D eigenvalue weighted by Gasteiger charge is 2.31. The van der Waals surface area contributed by atoms with E-state index < -0.39 is 0 Å². The molecule has 1 saturated heterocycles. The summed E-state index contributed by atoms with van der Waals surface area (Å²) in [4.78, 5) is 17.2. The first-order valence-electron chi connectivity index (χ1n) is 10.8. The van der Waals surface area contributed by atoms with Crippen molar-refractivity contribution in [3.8, 4) is 0 Å². The van der Waals surface area contributed by atoms with Gasteiger partial charge >= 0.3 is 0 Å². The molecular weight excluding hydrogens is 364 g/mol. The molecule has 1 aromatic carbocycles. The van der Waals surface area contributed by atoms with Crippen LogP contribution in [0.2, 0.25) is 0 Å². The summed E-state index contributed by atoms with van der Waals surface area (Å²) < 4.78 is 5.03. The van der Waals surface area contributed by atoms with Crippen LogP contribution < -0.4 is 10.2 Å². The number of amides is 1. The maximum Gasteiger partial charge on any atom is 0.290 e. The van der Waals surface area contributed by atoms with E-state index in [0.29, 0.717) is 11.7 Å². The highest BCUT2D eigenvalue weighted by Crippen LogP contribution is 2.31. The van der Waals surface area contributed by atoms with Crippen molar-refractivity contribution < 1.29 is 9.32 Å². The first kappa shape index (κ1) is 20.0. The molecule has 0 bridgehead atoms. The van der Waals surface area contributed by atoms with Crippen LogP contribution in [-0.2, 0) is 0 Å². The molecule has 1 aliphatic heterocycles. The number of piperazine rings is 1. The van der Waals surface area contributed by atoms with Gasteiger partial charge in [-0.3, -0.25) is 9.69 Å². The zero-order valence-electron chi connectivity index (χ0n) is 17.8. The summed E-state index contributed by atoms with van der Waals surface area (Å²) in [5.74, 6) is 0.887. The van der Waals surface area contributed by atoms with E-state index in [4.69, 9.17) is 4.52 Å². The van der Waals surface area contributed by atoms with Gasteiger partial charge in [0.2, 0.25) is 5.76 Å². The molecule has 2 aromatic rings. The normalized spacial score (nSPS) is 22.4. The summed E-state index contributed by atoms with van der Waals surface area (Å²) in [6.45, 7) is 11.9. The van der Waals surface area contributed by atoms with E-state index in [2.05, 4.69) is 52.3 Å². The first-order valence-corrected chi connectivity index (χ1v) is 10.8. The predicted octanol–water partition coefficient (Wildman–Crippen LogP) is 3.32. The molecule has 1 saturated carbocycles. The lowest BCUT2D eigenvalue weighted by Crippen LogP contribution is -2.48. The topological polar surface area (TPSA) is 61.6 Å². The summed E-state index contributed by atoms with van der Waals surface area (Å²) in [7, 11) is 0. The Kier molecular flexibility index (Phi) is 5.90.